The quantitative estimate of drug-likeness (QED) is 0.222. The number of nitrogens with zero attached hydrogens (tertiary/aromatic N) is 1. The van der Waals surface area contributed by atoms with Crippen LogP contribution in [-0.2, 0) is 0 Å². The summed E-state index contributed by atoms with van der Waals surface area (Å²) in [4.78, 5) is 4.05. The first kappa shape index (κ1) is 15.8. The van der Waals surface area contributed by atoms with Gasteiger partial charge in [0.15, 0.2) is 0 Å². The van der Waals surface area contributed by atoms with Crippen LogP contribution in [-0.4, -0.2) is 18.3 Å². The van der Waals surface area contributed by atoms with Gasteiger partial charge >= 0.3 is 0 Å². The zero-order chi connectivity index (χ0) is 12.4. The Morgan fingerprint density at radius 3 is 2.69 bits per heavy atom. The van der Waals surface area contributed by atoms with Crippen LogP contribution in [0.15, 0.2) is 28.8 Å². The molecule has 92 valence electrons. The maximum Gasteiger partial charge on any atom is 0.0557 e. The predicted octanol–water partition coefficient (Wildman–Crippen LogP) is 4.08. The lowest BCUT2D eigenvalue weighted by Crippen LogP contribution is -2.09. The summed E-state index contributed by atoms with van der Waals surface area (Å²) >= 11 is 3.46. The summed E-state index contributed by atoms with van der Waals surface area (Å²) in [5, 5.41) is 2.05. The SMILES string of the molecule is C=CC(C)(C)/C(=C/SCNSCCC)N=C. The van der Waals surface area contributed by atoms with Gasteiger partial charge in [0.25, 0.3) is 0 Å². The topological polar surface area (TPSA) is 24.4 Å². The molecular formula is C12H22N2S2. The molecule has 0 unspecified atom stereocenters. The molecular weight excluding hydrogens is 236 g/mol. The molecule has 2 nitrogen and oxygen atoms in total. The van der Waals surface area contributed by atoms with Gasteiger partial charge < -0.3 is 0 Å². The van der Waals surface area contributed by atoms with E-state index in [9.17, 15) is 0 Å². The molecule has 0 heterocycles. The Morgan fingerprint density at radius 1 is 1.50 bits per heavy atom. The highest BCUT2D eigenvalue weighted by Crippen LogP contribution is 2.29. The van der Waals surface area contributed by atoms with Crippen LogP contribution in [0.2, 0.25) is 0 Å². The van der Waals surface area contributed by atoms with Crippen LogP contribution in [0.1, 0.15) is 27.2 Å². The minimum absolute atomic E-state index is 0.106. The third kappa shape index (κ3) is 6.40. The van der Waals surface area contributed by atoms with Crippen LogP contribution in [0.3, 0.4) is 0 Å². The average Bonchev–Trinajstić information content (AvgIpc) is 2.28. The summed E-state index contributed by atoms with van der Waals surface area (Å²) in [7, 11) is 0. The van der Waals surface area contributed by atoms with Crippen LogP contribution in [0.25, 0.3) is 0 Å². The van der Waals surface area contributed by atoms with Crippen molar-refractivity contribution in [2.75, 3.05) is 11.6 Å². The summed E-state index contributed by atoms with van der Waals surface area (Å²) in [6.45, 7) is 13.8. The van der Waals surface area contributed by atoms with E-state index in [1.807, 2.05) is 11.5 Å². The van der Waals surface area contributed by atoms with Crippen LogP contribution >= 0.6 is 23.7 Å². The van der Waals surface area contributed by atoms with Crippen molar-refractivity contribution in [3.63, 3.8) is 0 Å². The van der Waals surface area contributed by atoms with E-state index in [4.69, 9.17) is 0 Å². The van der Waals surface area contributed by atoms with Gasteiger partial charge in [0, 0.05) is 11.2 Å². The fourth-order valence-electron chi connectivity index (χ4n) is 0.868. The smallest absolute Gasteiger partial charge is 0.0557 e. The van der Waals surface area contributed by atoms with E-state index in [-0.39, 0.29) is 5.41 Å². The Labute approximate surface area is 108 Å². The normalized spacial score (nSPS) is 12.6. The van der Waals surface area contributed by atoms with Gasteiger partial charge in [0.2, 0.25) is 0 Å². The fourth-order valence-corrected chi connectivity index (χ4v) is 2.44. The van der Waals surface area contributed by atoms with Gasteiger partial charge in [-0.05, 0) is 18.5 Å². The van der Waals surface area contributed by atoms with Crippen molar-refractivity contribution < 1.29 is 0 Å². The molecule has 0 aromatic carbocycles. The molecule has 0 aliphatic carbocycles. The van der Waals surface area contributed by atoms with Crippen molar-refractivity contribution in [3.05, 3.63) is 23.8 Å². The Bertz CT molecular complexity index is 247. The molecule has 0 rings (SSSR count). The van der Waals surface area contributed by atoms with Crippen LogP contribution in [0.5, 0.6) is 0 Å². The van der Waals surface area contributed by atoms with Crippen LogP contribution in [0, 0.1) is 5.41 Å². The van der Waals surface area contributed by atoms with Gasteiger partial charge in [-0.1, -0.05) is 38.8 Å². The minimum atomic E-state index is -0.106. The first-order chi connectivity index (χ1) is 7.58. The third-order valence-corrected chi connectivity index (χ3v) is 3.93. The summed E-state index contributed by atoms with van der Waals surface area (Å²) in [6.07, 6.45) is 3.09. The third-order valence-electron chi connectivity index (χ3n) is 2.09. The van der Waals surface area contributed by atoms with E-state index >= 15 is 0 Å². The van der Waals surface area contributed by atoms with Gasteiger partial charge in [-0.25, -0.2) is 0 Å². The van der Waals surface area contributed by atoms with Gasteiger partial charge in [-0.3, -0.25) is 9.71 Å². The molecule has 0 aliphatic rings. The lowest BCUT2D eigenvalue weighted by molar-refractivity contribution is 0.577. The average molecular weight is 258 g/mol. The summed E-state index contributed by atoms with van der Waals surface area (Å²) < 4.78 is 3.28. The maximum absolute atomic E-state index is 4.05. The van der Waals surface area contributed by atoms with Crippen molar-refractivity contribution in [1.82, 2.24) is 4.72 Å². The van der Waals surface area contributed by atoms with E-state index in [2.05, 4.69) is 43.8 Å². The molecule has 0 aliphatic heterocycles. The highest BCUT2D eigenvalue weighted by Gasteiger charge is 2.17. The van der Waals surface area contributed by atoms with Crippen LogP contribution in [0.4, 0.5) is 0 Å². The fraction of sp³-hybridized carbons (Fsp3) is 0.583. The Kier molecular flexibility index (Phi) is 8.80. The standard InChI is InChI=1S/C12H22N2S2/c1-6-8-16-14-10-15-9-11(13-5)12(3,4)7-2/h7,9,14H,2,5-6,8,10H2,1,3-4H3/b11-9-. The second kappa shape index (κ2) is 8.90. The Balaban J connectivity index is 3.99. The summed E-state index contributed by atoms with van der Waals surface area (Å²) in [6, 6.07) is 0. The molecule has 0 saturated heterocycles. The number of rotatable bonds is 9. The molecule has 0 aromatic rings. The van der Waals surface area contributed by atoms with Gasteiger partial charge in [0.1, 0.15) is 0 Å². The molecule has 4 heteroatoms. The van der Waals surface area contributed by atoms with Crippen molar-refractivity contribution in [2.45, 2.75) is 27.2 Å². The largest absolute Gasteiger partial charge is 0.268 e. The lowest BCUT2D eigenvalue weighted by Gasteiger charge is -2.19. The minimum Gasteiger partial charge on any atom is -0.268 e. The zero-order valence-corrected chi connectivity index (χ0v) is 12.1. The molecule has 0 amide bonds. The molecule has 0 bridgehead atoms. The molecule has 1 N–H and O–H groups in total. The molecule has 0 spiro atoms. The second-order valence-electron chi connectivity index (χ2n) is 3.89. The number of nitrogens with one attached hydrogen (secondary N) is 1. The van der Waals surface area contributed by atoms with Gasteiger partial charge in [0.05, 0.1) is 11.6 Å². The second-order valence-corrected chi connectivity index (χ2v) is 5.73. The Morgan fingerprint density at radius 2 is 2.19 bits per heavy atom. The van der Waals surface area contributed by atoms with Gasteiger partial charge in [-0.15, -0.1) is 18.3 Å². The molecule has 0 fully saturated rings. The molecule has 0 atom stereocenters. The maximum atomic E-state index is 4.05. The first-order valence-corrected chi connectivity index (χ1v) is 7.39. The van der Waals surface area contributed by atoms with E-state index in [0.717, 1.165) is 17.3 Å². The zero-order valence-electron chi connectivity index (χ0n) is 10.5. The summed E-state index contributed by atoms with van der Waals surface area (Å²) in [5.74, 6) is 2.03. The molecule has 0 radical (unpaired) electrons. The van der Waals surface area contributed by atoms with E-state index in [1.54, 1.807) is 23.7 Å². The molecule has 0 aromatic heterocycles. The monoisotopic (exact) mass is 258 g/mol. The predicted molar refractivity (Wildman–Crippen MR) is 80.0 cm³/mol. The van der Waals surface area contributed by atoms with Gasteiger partial charge in [-0.2, -0.15) is 0 Å². The number of hydrogen-bond donors (Lipinski definition) is 1. The lowest BCUT2D eigenvalue weighted by atomic mass is 9.91. The number of hydrogen-bond acceptors (Lipinski definition) is 4. The summed E-state index contributed by atoms with van der Waals surface area (Å²) in [5.41, 5.74) is 0.862. The first-order valence-electron chi connectivity index (χ1n) is 5.35. The van der Waals surface area contributed by atoms with E-state index in [1.165, 1.54) is 6.42 Å². The van der Waals surface area contributed by atoms with E-state index in [0.29, 0.717) is 0 Å². The number of aliphatic imine (C=N–C) groups is 1. The van der Waals surface area contributed by atoms with Crippen molar-refractivity contribution >= 4 is 30.4 Å². The van der Waals surface area contributed by atoms with E-state index < -0.39 is 0 Å². The molecule has 16 heavy (non-hydrogen) atoms. The number of thioether (sulfide) groups is 1. The highest BCUT2D eigenvalue weighted by atomic mass is 32.2. The van der Waals surface area contributed by atoms with Crippen molar-refractivity contribution in [2.24, 2.45) is 10.4 Å². The number of allylic oxidation sites excluding steroid dienone is 1. The van der Waals surface area contributed by atoms with Crippen molar-refractivity contribution in [3.8, 4) is 0 Å². The van der Waals surface area contributed by atoms with Crippen LogP contribution < -0.4 is 4.72 Å². The molecule has 0 saturated carbocycles. The highest BCUT2D eigenvalue weighted by molar-refractivity contribution is 8.03. The Hall–Kier alpha value is -0.190. The van der Waals surface area contributed by atoms with Crippen molar-refractivity contribution in [1.29, 1.82) is 0 Å².